The van der Waals surface area contributed by atoms with Crippen molar-refractivity contribution in [2.24, 2.45) is 0 Å². The van der Waals surface area contributed by atoms with Gasteiger partial charge in [0.15, 0.2) is 0 Å². The third-order valence-electron chi connectivity index (χ3n) is 16.4. The molecular formula is C54H55BN2O. The average Bonchev–Trinajstić information content (AvgIpc) is 3.67. The fourth-order valence-corrected chi connectivity index (χ4v) is 12.8. The van der Waals surface area contributed by atoms with Gasteiger partial charge in [-0.2, -0.15) is 0 Å². The molecule has 2 atom stereocenters. The Labute approximate surface area is 344 Å². The smallest absolute Gasteiger partial charge is 0.333 e. The van der Waals surface area contributed by atoms with E-state index >= 15 is 0 Å². The summed E-state index contributed by atoms with van der Waals surface area (Å²) in [7, 11) is 0. The highest BCUT2D eigenvalue weighted by atomic mass is 16.3. The van der Waals surface area contributed by atoms with Gasteiger partial charge in [0, 0.05) is 39.1 Å². The van der Waals surface area contributed by atoms with Crippen LogP contribution in [0.2, 0.25) is 0 Å². The van der Waals surface area contributed by atoms with E-state index in [0.717, 1.165) is 11.2 Å². The second-order valence-corrected chi connectivity index (χ2v) is 21.5. The molecule has 290 valence electrons. The molecule has 0 amide bonds. The molecule has 12 rings (SSSR count). The predicted octanol–water partition coefficient (Wildman–Crippen LogP) is 13.4. The van der Waals surface area contributed by atoms with Crippen LogP contribution < -0.4 is 20.6 Å². The number of para-hydroxylation sites is 1. The summed E-state index contributed by atoms with van der Waals surface area (Å²) < 4.78 is 7.05. The van der Waals surface area contributed by atoms with E-state index in [1.54, 1.807) is 5.56 Å². The number of anilines is 4. The topological polar surface area (TPSA) is 19.6 Å². The monoisotopic (exact) mass is 758 g/mol. The fraction of sp³-hybridized carbons (Fsp3) is 0.370. The second kappa shape index (κ2) is 11.0. The van der Waals surface area contributed by atoms with Crippen molar-refractivity contribution in [1.29, 1.82) is 0 Å². The zero-order valence-corrected chi connectivity index (χ0v) is 35.9. The largest absolute Gasteiger partial charge is 0.456 e. The second-order valence-electron chi connectivity index (χ2n) is 21.5. The summed E-state index contributed by atoms with van der Waals surface area (Å²) in [5, 5.41) is 5.11. The Bertz CT molecular complexity index is 2950. The van der Waals surface area contributed by atoms with Gasteiger partial charge in [0.2, 0.25) is 0 Å². The van der Waals surface area contributed by atoms with Gasteiger partial charge >= 0.3 is 6.85 Å². The van der Waals surface area contributed by atoms with E-state index in [9.17, 15) is 0 Å². The molecule has 4 heterocycles. The molecule has 1 saturated carbocycles. The highest BCUT2D eigenvalue weighted by Crippen LogP contribution is 2.63. The Morgan fingerprint density at radius 3 is 2.10 bits per heavy atom. The predicted molar refractivity (Wildman–Crippen MR) is 247 cm³/mol. The maximum Gasteiger partial charge on any atom is 0.333 e. The molecule has 5 aliphatic rings. The van der Waals surface area contributed by atoms with Gasteiger partial charge in [-0.3, -0.25) is 0 Å². The van der Waals surface area contributed by atoms with E-state index in [4.69, 9.17) is 4.42 Å². The van der Waals surface area contributed by atoms with Gasteiger partial charge in [-0.1, -0.05) is 123 Å². The van der Waals surface area contributed by atoms with Crippen molar-refractivity contribution in [3.8, 4) is 11.1 Å². The maximum absolute atomic E-state index is 7.05. The molecule has 2 unspecified atom stereocenters. The third-order valence-corrected chi connectivity index (χ3v) is 16.4. The Balaban J connectivity index is 1.28. The van der Waals surface area contributed by atoms with Crippen molar-refractivity contribution >= 4 is 73.2 Å². The highest BCUT2D eigenvalue weighted by Gasteiger charge is 2.62. The first-order valence-electron chi connectivity index (χ1n) is 22.1. The van der Waals surface area contributed by atoms with Crippen molar-refractivity contribution in [3.05, 3.63) is 119 Å². The van der Waals surface area contributed by atoms with Crippen molar-refractivity contribution in [2.75, 3.05) is 9.71 Å². The van der Waals surface area contributed by atoms with E-state index in [1.165, 1.54) is 122 Å². The lowest BCUT2D eigenvalue weighted by atomic mass is 9.42. The van der Waals surface area contributed by atoms with Crippen LogP contribution >= 0.6 is 0 Å². The lowest BCUT2D eigenvalue weighted by Gasteiger charge is -2.53. The SMILES string of the molecule is CC(C)(C)c1cc2c3c(c1)C1(C)CCCCC1(C)N3c1cc3ccccc3c3c1B2N(c1ccccc1)c1c-3ccc2oc3cc4c(cc3c12)C(C)(C)CCC4(C)C. The van der Waals surface area contributed by atoms with Crippen molar-refractivity contribution in [1.82, 2.24) is 0 Å². The van der Waals surface area contributed by atoms with Gasteiger partial charge in [0.05, 0.1) is 10.9 Å². The molecule has 7 aromatic rings. The molecule has 0 radical (unpaired) electrons. The molecule has 3 aliphatic heterocycles. The Hall–Kier alpha value is -4.96. The summed E-state index contributed by atoms with van der Waals surface area (Å²) in [5.74, 6) is 0. The lowest BCUT2D eigenvalue weighted by molar-refractivity contribution is 0.195. The highest BCUT2D eigenvalue weighted by molar-refractivity contribution is 6.94. The van der Waals surface area contributed by atoms with Gasteiger partial charge in [0.25, 0.3) is 0 Å². The molecule has 6 aromatic carbocycles. The third kappa shape index (κ3) is 4.22. The molecular weight excluding hydrogens is 703 g/mol. The lowest BCUT2D eigenvalue weighted by Crippen LogP contribution is -2.64. The van der Waals surface area contributed by atoms with Crippen LogP contribution in [0.4, 0.5) is 22.7 Å². The summed E-state index contributed by atoms with van der Waals surface area (Å²) in [5.41, 5.74) is 19.0. The van der Waals surface area contributed by atoms with E-state index in [2.05, 4.69) is 169 Å². The molecule has 0 bridgehead atoms. The zero-order chi connectivity index (χ0) is 39.9. The van der Waals surface area contributed by atoms with Gasteiger partial charge in [0.1, 0.15) is 11.2 Å². The van der Waals surface area contributed by atoms with Crippen LogP contribution in [-0.2, 0) is 21.7 Å². The number of hydrogen-bond acceptors (Lipinski definition) is 3. The van der Waals surface area contributed by atoms with Crippen LogP contribution in [0.1, 0.15) is 123 Å². The number of benzene rings is 6. The normalized spacial score (nSPS) is 23.5. The minimum atomic E-state index is -0.0394. The van der Waals surface area contributed by atoms with Crippen molar-refractivity contribution < 1.29 is 4.42 Å². The first kappa shape index (κ1) is 35.0. The van der Waals surface area contributed by atoms with Crippen LogP contribution in [-0.4, -0.2) is 12.4 Å². The first-order chi connectivity index (χ1) is 27.6. The van der Waals surface area contributed by atoms with Crippen molar-refractivity contribution in [3.63, 3.8) is 0 Å². The Morgan fingerprint density at radius 1 is 0.638 bits per heavy atom. The van der Waals surface area contributed by atoms with Crippen LogP contribution in [0, 0.1) is 0 Å². The molecule has 1 fully saturated rings. The van der Waals surface area contributed by atoms with Crippen LogP contribution in [0.15, 0.2) is 101 Å². The van der Waals surface area contributed by atoms with Crippen LogP contribution in [0.3, 0.4) is 0 Å². The summed E-state index contributed by atoms with van der Waals surface area (Å²) in [4.78, 5) is 5.62. The Morgan fingerprint density at radius 2 is 1.34 bits per heavy atom. The fourth-order valence-electron chi connectivity index (χ4n) is 12.8. The van der Waals surface area contributed by atoms with Gasteiger partial charge in [-0.25, -0.2) is 0 Å². The van der Waals surface area contributed by atoms with Gasteiger partial charge < -0.3 is 14.1 Å². The minimum absolute atomic E-state index is 0.00921. The zero-order valence-electron chi connectivity index (χ0n) is 35.9. The molecule has 58 heavy (non-hydrogen) atoms. The van der Waals surface area contributed by atoms with Gasteiger partial charge in [-0.15, -0.1) is 0 Å². The summed E-state index contributed by atoms with van der Waals surface area (Å²) in [6.07, 6.45) is 7.29. The quantitative estimate of drug-likeness (QED) is 0.155. The maximum atomic E-state index is 7.05. The molecule has 1 aromatic heterocycles. The molecule has 0 spiro atoms. The first-order valence-corrected chi connectivity index (χ1v) is 22.1. The minimum Gasteiger partial charge on any atom is -0.456 e. The summed E-state index contributed by atoms with van der Waals surface area (Å²) in [6.45, 7) is 22.1. The summed E-state index contributed by atoms with van der Waals surface area (Å²) in [6, 6.07) is 37.9. The van der Waals surface area contributed by atoms with E-state index in [1.807, 2.05) is 0 Å². The number of hydrogen-bond donors (Lipinski definition) is 0. The number of furan rings is 1. The van der Waals surface area contributed by atoms with Crippen LogP contribution in [0.5, 0.6) is 0 Å². The standard InChI is InChI=1S/C54H55BN2O/c1-50(2,3)33-28-40-49-41(29-33)55-47-42(56(49)54(9)24-16-15-23-53(40,54)8)27-32-17-13-14-20-35(32)45(47)36-21-22-43-46(48(36)57(55)34-18-11-10-12-19-34)37-30-38-39(31-44(37)58-43)52(6,7)26-25-51(38,4)5/h10-14,17-22,27-31H,15-16,23-26H2,1-9H3. The van der Waals surface area contributed by atoms with Crippen molar-refractivity contribution in [2.45, 2.75) is 128 Å². The van der Waals surface area contributed by atoms with E-state index in [-0.39, 0.29) is 34.0 Å². The van der Waals surface area contributed by atoms with E-state index in [0.29, 0.717) is 0 Å². The Kier molecular flexibility index (Phi) is 6.64. The van der Waals surface area contributed by atoms with Gasteiger partial charge in [-0.05, 0) is 141 Å². The number of fused-ring (bicyclic) bond motifs is 14. The van der Waals surface area contributed by atoms with Crippen LogP contribution in [0.25, 0.3) is 43.8 Å². The number of rotatable bonds is 1. The van der Waals surface area contributed by atoms with E-state index < -0.39 is 0 Å². The molecule has 0 N–H and O–H groups in total. The molecule has 2 aliphatic carbocycles. The molecule has 4 heteroatoms. The number of nitrogens with zero attached hydrogens (tertiary/aromatic N) is 2. The molecule has 0 saturated heterocycles. The summed E-state index contributed by atoms with van der Waals surface area (Å²) >= 11 is 0. The molecule has 3 nitrogen and oxygen atoms in total. The average molecular weight is 759 g/mol.